The largest absolute Gasteiger partial charge is 0.465 e. The molecule has 1 aliphatic heterocycles. The summed E-state index contributed by atoms with van der Waals surface area (Å²) < 4.78 is 10.4. The number of aliphatic hydroxyl groups is 1. The van der Waals surface area contributed by atoms with Crippen molar-refractivity contribution >= 4 is 5.97 Å². The van der Waals surface area contributed by atoms with Crippen LogP contribution in [-0.4, -0.2) is 43.0 Å². The molecule has 0 aromatic heterocycles. The zero-order valence-corrected chi connectivity index (χ0v) is 12.4. The maximum absolute atomic E-state index is 12.1. The summed E-state index contributed by atoms with van der Waals surface area (Å²) in [6.07, 6.45) is 1.15. The van der Waals surface area contributed by atoms with Crippen molar-refractivity contribution in [3.8, 4) is 0 Å². The van der Waals surface area contributed by atoms with E-state index in [4.69, 9.17) is 9.47 Å². The molecule has 1 aromatic carbocycles. The van der Waals surface area contributed by atoms with Crippen LogP contribution >= 0.6 is 0 Å². The molecule has 1 heterocycles. The fraction of sp³-hybridized carbons (Fsp3) is 0.562. The Morgan fingerprint density at radius 3 is 2.67 bits per heavy atom. The highest BCUT2D eigenvalue weighted by molar-refractivity contribution is 5.77. The normalized spacial score (nSPS) is 19.0. The quantitative estimate of drug-likeness (QED) is 0.777. The predicted octanol–water partition coefficient (Wildman–Crippen LogP) is 1.42. The molecule has 1 atom stereocenters. The first kappa shape index (κ1) is 15.9. The lowest BCUT2D eigenvalue weighted by atomic mass is 9.93. The summed E-state index contributed by atoms with van der Waals surface area (Å²) in [5.74, 6) is -0.320. The number of esters is 1. The highest BCUT2D eigenvalue weighted by atomic mass is 16.5. The van der Waals surface area contributed by atoms with Crippen LogP contribution in [0.4, 0.5) is 0 Å². The second kappa shape index (κ2) is 7.54. The predicted molar refractivity (Wildman–Crippen MR) is 78.8 cm³/mol. The van der Waals surface area contributed by atoms with Gasteiger partial charge in [-0.15, -0.1) is 0 Å². The average molecular weight is 293 g/mol. The highest BCUT2D eigenvalue weighted by Gasteiger charge is 2.32. The van der Waals surface area contributed by atoms with Crippen molar-refractivity contribution < 1.29 is 19.4 Å². The van der Waals surface area contributed by atoms with E-state index in [1.807, 2.05) is 30.3 Å². The van der Waals surface area contributed by atoms with Crippen molar-refractivity contribution in [3.63, 3.8) is 0 Å². The summed E-state index contributed by atoms with van der Waals surface area (Å²) in [5, 5.41) is 13.6. The Kier molecular flexibility index (Phi) is 5.73. The summed E-state index contributed by atoms with van der Waals surface area (Å²) in [6.45, 7) is 3.56. The van der Waals surface area contributed by atoms with E-state index < -0.39 is 11.6 Å². The molecule has 116 valence electrons. The van der Waals surface area contributed by atoms with Gasteiger partial charge in [0.15, 0.2) is 0 Å². The molecule has 1 fully saturated rings. The highest BCUT2D eigenvalue weighted by Crippen LogP contribution is 2.22. The number of rotatable bonds is 6. The first-order valence-corrected chi connectivity index (χ1v) is 7.40. The van der Waals surface area contributed by atoms with Gasteiger partial charge in [0.25, 0.3) is 0 Å². The number of carbonyl (C=O) groups excluding carboxylic acids is 1. The van der Waals surface area contributed by atoms with Gasteiger partial charge in [-0.05, 0) is 12.5 Å². The van der Waals surface area contributed by atoms with Crippen LogP contribution in [-0.2, 0) is 14.3 Å². The minimum Gasteiger partial charge on any atom is -0.465 e. The van der Waals surface area contributed by atoms with Gasteiger partial charge in [-0.25, -0.2) is 4.79 Å². The number of ether oxygens (including phenoxy) is 2. The van der Waals surface area contributed by atoms with Crippen LogP contribution in [0.2, 0.25) is 0 Å². The molecule has 0 aliphatic carbocycles. The van der Waals surface area contributed by atoms with Crippen LogP contribution in [0, 0.1) is 0 Å². The molecule has 0 amide bonds. The van der Waals surface area contributed by atoms with Crippen molar-refractivity contribution in [1.82, 2.24) is 5.32 Å². The van der Waals surface area contributed by atoms with E-state index in [1.54, 1.807) is 6.92 Å². The molecule has 5 heteroatoms. The van der Waals surface area contributed by atoms with Gasteiger partial charge in [0.1, 0.15) is 6.04 Å². The van der Waals surface area contributed by atoms with E-state index in [0.29, 0.717) is 39.2 Å². The summed E-state index contributed by atoms with van der Waals surface area (Å²) in [6, 6.07) is 8.86. The van der Waals surface area contributed by atoms with E-state index in [9.17, 15) is 9.90 Å². The lowest BCUT2D eigenvalue weighted by Crippen LogP contribution is -2.47. The summed E-state index contributed by atoms with van der Waals surface area (Å²) in [7, 11) is 0. The van der Waals surface area contributed by atoms with Gasteiger partial charge in [-0.1, -0.05) is 30.3 Å². The fourth-order valence-corrected chi connectivity index (χ4v) is 2.43. The van der Waals surface area contributed by atoms with Gasteiger partial charge in [0.05, 0.1) is 12.2 Å². The molecule has 2 N–H and O–H groups in total. The summed E-state index contributed by atoms with van der Waals surface area (Å²) in [5.41, 5.74) is 0.0178. The van der Waals surface area contributed by atoms with Crippen LogP contribution < -0.4 is 5.32 Å². The molecular weight excluding hydrogens is 270 g/mol. The van der Waals surface area contributed by atoms with Crippen LogP contribution in [0.15, 0.2) is 30.3 Å². The Bertz CT molecular complexity index is 443. The molecule has 1 unspecified atom stereocenters. The minimum absolute atomic E-state index is 0.320. The van der Waals surface area contributed by atoms with E-state index in [2.05, 4.69) is 5.32 Å². The topological polar surface area (TPSA) is 67.8 Å². The van der Waals surface area contributed by atoms with Gasteiger partial charge in [0.2, 0.25) is 0 Å². The van der Waals surface area contributed by atoms with Crippen molar-refractivity contribution in [3.05, 3.63) is 35.9 Å². The van der Waals surface area contributed by atoms with Gasteiger partial charge in [-0.2, -0.15) is 0 Å². The first-order chi connectivity index (χ1) is 10.1. The molecule has 1 aromatic rings. The van der Waals surface area contributed by atoms with Crippen LogP contribution in [0.25, 0.3) is 0 Å². The Morgan fingerprint density at radius 1 is 1.38 bits per heavy atom. The first-order valence-electron chi connectivity index (χ1n) is 7.40. The Hall–Kier alpha value is -1.43. The molecule has 5 nitrogen and oxygen atoms in total. The fourth-order valence-electron chi connectivity index (χ4n) is 2.43. The van der Waals surface area contributed by atoms with Crippen molar-refractivity contribution in [2.45, 2.75) is 31.4 Å². The smallest absolute Gasteiger partial charge is 0.327 e. The van der Waals surface area contributed by atoms with Crippen LogP contribution in [0.5, 0.6) is 0 Å². The molecule has 0 spiro atoms. The van der Waals surface area contributed by atoms with Crippen molar-refractivity contribution in [2.75, 3.05) is 26.4 Å². The Labute approximate surface area is 125 Å². The molecule has 1 saturated heterocycles. The van der Waals surface area contributed by atoms with Gasteiger partial charge >= 0.3 is 5.97 Å². The number of hydrogen-bond donors (Lipinski definition) is 2. The molecule has 1 aliphatic rings. The molecular formula is C16H23NO4. The maximum atomic E-state index is 12.1. The van der Waals surface area contributed by atoms with E-state index in [-0.39, 0.29) is 5.97 Å². The maximum Gasteiger partial charge on any atom is 0.327 e. The number of benzene rings is 1. The van der Waals surface area contributed by atoms with Gasteiger partial charge < -0.3 is 14.6 Å². The van der Waals surface area contributed by atoms with Crippen LogP contribution in [0.1, 0.15) is 31.4 Å². The zero-order valence-electron chi connectivity index (χ0n) is 12.4. The third kappa shape index (κ3) is 4.52. The second-order valence-corrected chi connectivity index (χ2v) is 5.31. The molecule has 0 radical (unpaired) electrons. The third-order valence-electron chi connectivity index (χ3n) is 3.71. The van der Waals surface area contributed by atoms with E-state index in [1.165, 1.54) is 0 Å². The summed E-state index contributed by atoms with van der Waals surface area (Å²) in [4.78, 5) is 12.1. The van der Waals surface area contributed by atoms with Crippen LogP contribution in [0.3, 0.4) is 0 Å². The number of nitrogens with one attached hydrogen (secondary N) is 1. The van der Waals surface area contributed by atoms with E-state index in [0.717, 1.165) is 5.56 Å². The minimum atomic E-state index is -0.822. The Balaban J connectivity index is 2.04. The van der Waals surface area contributed by atoms with E-state index >= 15 is 0 Å². The monoisotopic (exact) mass is 293 g/mol. The zero-order chi connectivity index (χ0) is 15.1. The number of carbonyl (C=O) groups is 1. The molecule has 0 bridgehead atoms. The standard InChI is InChI=1S/C16H23NO4/c1-2-21-15(18)14(13-6-4-3-5-7-13)17-12-16(19)8-10-20-11-9-16/h3-7,14,17,19H,2,8-12H2,1H3. The lowest BCUT2D eigenvalue weighted by molar-refractivity contribution is -0.146. The lowest BCUT2D eigenvalue weighted by Gasteiger charge is -2.33. The number of hydrogen-bond acceptors (Lipinski definition) is 5. The SMILES string of the molecule is CCOC(=O)C(NCC1(O)CCOCC1)c1ccccc1. The second-order valence-electron chi connectivity index (χ2n) is 5.31. The van der Waals surface area contributed by atoms with Gasteiger partial charge in [0, 0.05) is 32.6 Å². The van der Waals surface area contributed by atoms with Crippen molar-refractivity contribution in [1.29, 1.82) is 0 Å². The summed E-state index contributed by atoms with van der Waals surface area (Å²) >= 11 is 0. The average Bonchev–Trinajstić information content (AvgIpc) is 2.49. The van der Waals surface area contributed by atoms with Gasteiger partial charge in [-0.3, -0.25) is 5.32 Å². The van der Waals surface area contributed by atoms with Crippen molar-refractivity contribution in [2.24, 2.45) is 0 Å². The molecule has 21 heavy (non-hydrogen) atoms. The Morgan fingerprint density at radius 2 is 2.05 bits per heavy atom. The molecule has 2 rings (SSSR count). The third-order valence-corrected chi connectivity index (χ3v) is 3.71. The molecule has 0 saturated carbocycles.